The molecule has 0 spiro atoms. The Bertz CT molecular complexity index is 1600. The van der Waals surface area contributed by atoms with E-state index in [4.69, 9.17) is 0 Å². The van der Waals surface area contributed by atoms with E-state index in [1.165, 1.54) is 34.9 Å². The molecule has 13 heteroatoms. The molecule has 3 aromatic rings. The van der Waals surface area contributed by atoms with Gasteiger partial charge in [0.25, 0.3) is 11.8 Å². The number of halogens is 2. The predicted molar refractivity (Wildman–Crippen MR) is 170 cm³/mol. The van der Waals surface area contributed by atoms with Gasteiger partial charge in [0.2, 0.25) is 10.0 Å². The SMILES string of the molecule is CCCN(CCC)C(=O)c1cc(C)cc(C(=O)N[C@@H](Cc2cc(F)cc(F)c2)C(O)[C@H]2CN(S(=O)(=O)c3cccnc3)CCN2)c1. The number of rotatable bonds is 13. The van der Waals surface area contributed by atoms with Gasteiger partial charge in [0.15, 0.2) is 0 Å². The molecule has 4 rings (SSSR count). The van der Waals surface area contributed by atoms with Crippen molar-refractivity contribution in [1.29, 1.82) is 0 Å². The highest BCUT2D eigenvalue weighted by atomic mass is 32.2. The Morgan fingerprint density at radius 2 is 1.76 bits per heavy atom. The lowest BCUT2D eigenvalue weighted by atomic mass is 9.94. The molecule has 1 unspecified atom stereocenters. The second-order valence-electron chi connectivity index (χ2n) is 11.5. The van der Waals surface area contributed by atoms with E-state index in [0.29, 0.717) is 24.2 Å². The molecular weight excluding hydrogens is 616 g/mol. The molecule has 46 heavy (non-hydrogen) atoms. The number of sulfonamides is 1. The molecule has 2 amide bonds. The summed E-state index contributed by atoms with van der Waals surface area (Å²) in [6.07, 6.45) is 2.73. The molecule has 0 bridgehead atoms. The third-order valence-corrected chi connectivity index (χ3v) is 9.67. The fraction of sp³-hybridized carbons (Fsp3) is 0.424. The molecule has 248 valence electrons. The quantitative estimate of drug-likeness (QED) is 0.257. The number of carbonyl (C=O) groups excluding carboxylic acids is 2. The number of aromatic nitrogens is 1. The summed E-state index contributed by atoms with van der Waals surface area (Å²) in [5.74, 6) is -2.43. The molecule has 1 saturated heterocycles. The van der Waals surface area contributed by atoms with Crippen LogP contribution in [0.1, 0.15) is 58.5 Å². The van der Waals surface area contributed by atoms with Crippen LogP contribution in [-0.4, -0.2) is 90.4 Å². The second-order valence-corrected chi connectivity index (χ2v) is 13.5. The fourth-order valence-electron chi connectivity index (χ4n) is 5.69. The summed E-state index contributed by atoms with van der Waals surface area (Å²) >= 11 is 0. The largest absolute Gasteiger partial charge is 0.389 e. The summed E-state index contributed by atoms with van der Waals surface area (Å²) in [5, 5.41) is 17.5. The number of carbonyl (C=O) groups is 2. The van der Waals surface area contributed by atoms with Gasteiger partial charge in [0.1, 0.15) is 16.5 Å². The molecule has 0 aliphatic carbocycles. The standard InChI is InChI=1S/C33H41F2N5O5S/c1-4-10-39(11-5-2)33(43)25-14-22(3)13-24(18-25)32(42)38-29(17-23-15-26(34)19-27(35)16-23)31(41)30-21-40(12-9-37-30)46(44,45)28-7-6-8-36-20-28/h6-8,13-16,18-20,29-31,37,41H,4-5,9-12,17,21H2,1-3H3,(H,38,42)/t29-,30+,31?/m0/s1. The minimum atomic E-state index is -3.93. The van der Waals surface area contributed by atoms with E-state index in [-0.39, 0.29) is 48.0 Å². The summed E-state index contributed by atoms with van der Waals surface area (Å²) in [6.45, 7) is 7.10. The predicted octanol–water partition coefficient (Wildman–Crippen LogP) is 3.30. The van der Waals surface area contributed by atoms with Crippen LogP contribution in [0.15, 0.2) is 65.8 Å². The highest BCUT2D eigenvalue weighted by Gasteiger charge is 2.37. The average molecular weight is 658 g/mol. The van der Waals surface area contributed by atoms with Crippen LogP contribution in [-0.2, 0) is 16.4 Å². The lowest BCUT2D eigenvalue weighted by Gasteiger charge is -2.38. The van der Waals surface area contributed by atoms with Gasteiger partial charge in [-0.3, -0.25) is 14.6 Å². The van der Waals surface area contributed by atoms with Gasteiger partial charge in [0, 0.05) is 68.4 Å². The van der Waals surface area contributed by atoms with Crippen molar-refractivity contribution in [1.82, 2.24) is 24.8 Å². The highest BCUT2D eigenvalue weighted by Crippen LogP contribution is 2.21. The first-order chi connectivity index (χ1) is 21.9. The zero-order valence-electron chi connectivity index (χ0n) is 26.2. The van der Waals surface area contributed by atoms with Crippen molar-refractivity contribution in [2.75, 3.05) is 32.7 Å². The highest BCUT2D eigenvalue weighted by molar-refractivity contribution is 7.89. The molecule has 1 fully saturated rings. The first-order valence-electron chi connectivity index (χ1n) is 15.4. The maximum Gasteiger partial charge on any atom is 0.253 e. The molecule has 10 nitrogen and oxygen atoms in total. The third kappa shape index (κ3) is 8.72. The van der Waals surface area contributed by atoms with Crippen LogP contribution >= 0.6 is 0 Å². The van der Waals surface area contributed by atoms with Crippen LogP contribution in [0.25, 0.3) is 0 Å². The van der Waals surface area contributed by atoms with Crippen molar-refractivity contribution in [3.05, 3.63) is 94.8 Å². The first-order valence-corrected chi connectivity index (χ1v) is 16.8. The van der Waals surface area contributed by atoms with E-state index < -0.39 is 45.8 Å². The topological polar surface area (TPSA) is 132 Å². The Balaban J connectivity index is 1.61. The van der Waals surface area contributed by atoms with E-state index in [0.717, 1.165) is 31.0 Å². The van der Waals surface area contributed by atoms with Crippen molar-refractivity contribution >= 4 is 21.8 Å². The van der Waals surface area contributed by atoms with Gasteiger partial charge in [-0.25, -0.2) is 17.2 Å². The van der Waals surface area contributed by atoms with Gasteiger partial charge in [-0.1, -0.05) is 13.8 Å². The van der Waals surface area contributed by atoms with Gasteiger partial charge in [-0.2, -0.15) is 4.31 Å². The van der Waals surface area contributed by atoms with Crippen molar-refractivity contribution < 1.29 is 31.9 Å². The van der Waals surface area contributed by atoms with Gasteiger partial charge < -0.3 is 20.6 Å². The smallest absolute Gasteiger partial charge is 0.253 e. The molecule has 2 aromatic carbocycles. The molecule has 3 atom stereocenters. The Hall–Kier alpha value is -3.78. The van der Waals surface area contributed by atoms with Crippen LogP contribution in [0, 0.1) is 18.6 Å². The summed E-state index contributed by atoms with van der Waals surface area (Å²) in [7, 11) is -3.93. The third-order valence-electron chi connectivity index (χ3n) is 7.82. The Kier molecular flexibility index (Phi) is 12.0. The maximum absolute atomic E-state index is 14.1. The number of amides is 2. The second kappa shape index (κ2) is 15.7. The summed E-state index contributed by atoms with van der Waals surface area (Å²) in [4.78, 5) is 32.7. The molecule has 0 radical (unpaired) electrons. The minimum absolute atomic E-state index is 0.00599. The monoisotopic (exact) mass is 657 g/mol. The Morgan fingerprint density at radius 3 is 2.39 bits per heavy atom. The number of aryl methyl sites for hydroxylation is 1. The van der Waals surface area contributed by atoms with Crippen molar-refractivity contribution in [2.24, 2.45) is 0 Å². The Morgan fingerprint density at radius 1 is 1.09 bits per heavy atom. The summed E-state index contributed by atoms with van der Waals surface area (Å²) in [5.41, 5.74) is 1.39. The molecular formula is C33H41F2N5O5S. The summed E-state index contributed by atoms with van der Waals surface area (Å²) < 4.78 is 56.1. The number of pyridine rings is 1. The zero-order chi connectivity index (χ0) is 33.4. The van der Waals surface area contributed by atoms with Crippen molar-refractivity contribution in [3.63, 3.8) is 0 Å². The van der Waals surface area contributed by atoms with E-state index in [1.54, 1.807) is 24.0 Å². The zero-order valence-corrected chi connectivity index (χ0v) is 27.1. The van der Waals surface area contributed by atoms with Crippen LogP contribution in [0.2, 0.25) is 0 Å². The van der Waals surface area contributed by atoms with Crippen LogP contribution in [0.5, 0.6) is 0 Å². The van der Waals surface area contributed by atoms with Crippen molar-refractivity contribution in [3.8, 4) is 0 Å². The minimum Gasteiger partial charge on any atom is -0.389 e. The molecule has 1 aliphatic heterocycles. The summed E-state index contributed by atoms with van der Waals surface area (Å²) in [6, 6.07) is 8.79. The van der Waals surface area contributed by atoms with Crippen LogP contribution in [0.4, 0.5) is 8.78 Å². The van der Waals surface area contributed by atoms with Crippen LogP contribution < -0.4 is 10.6 Å². The number of hydrogen-bond acceptors (Lipinski definition) is 7. The fourth-order valence-corrected chi connectivity index (χ4v) is 7.12. The lowest BCUT2D eigenvalue weighted by Crippen LogP contribution is -2.62. The number of hydrogen-bond donors (Lipinski definition) is 3. The van der Waals surface area contributed by atoms with Gasteiger partial charge in [-0.05, 0) is 79.8 Å². The number of benzene rings is 2. The normalized spacial score (nSPS) is 16.9. The lowest BCUT2D eigenvalue weighted by molar-refractivity contribution is 0.0600. The van der Waals surface area contributed by atoms with E-state index in [1.807, 2.05) is 13.8 Å². The van der Waals surface area contributed by atoms with Gasteiger partial charge in [-0.15, -0.1) is 0 Å². The van der Waals surface area contributed by atoms with E-state index >= 15 is 0 Å². The molecule has 3 N–H and O–H groups in total. The number of piperazine rings is 1. The number of nitrogens with zero attached hydrogens (tertiary/aromatic N) is 3. The Labute approximate surface area is 268 Å². The number of aliphatic hydroxyl groups excluding tert-OH is 1. The number of nitrogens with one attached hydrogen (secondary N) is 2. The van der Waals surface area contributed by atoms with Crippen molar-refractivity contribution in [2.45, 2.75) is 63.1 Å². The van der Waals surface area contributed by atoms with E-state index in [2.05, 4.69) is 15.6 Å². The number of aliphatic hydroxyl groups is 1. The first kappa shape index (κ1) is 35.1. The van der Waals surface area contributed by atoms with Gasteiger partial charge >= 0.3 is 0 Å². The molecule has 1 aromatic heterocycles. The van der Waals surface area contributed by atoms with Crippen LogP contribution in [0.3, 0.4) is 0 Å². The van der Waals surface area contributed by atoms with E-state index in [9.17, 15) is 31.9 Å². The molecule has 1 aliphatic rings. The molecule has 2 heterocycles. The molecule has 0 saturated carbocycles. The van der Waals surface area contributed by atoms with Gasteiger partial charge in [0.05, 0.1) is 12.1 Å². The maximum atomic E-state index is 14.1. The average Bonchev–Trinajstić information content (AvgIpc) is 3.03.